The largest absolute Gasteiger partial charge is 0.313 e. The van der Waals surface area contributed by atoms with E-state index in [9.17, 15) is 0 Å². The highest BCUT2D eigenvalue weighted by Gasteiger charge is 2.23. The van der Waals surface area contributed by atoms with Gasteiger partial charge in [0.2, 0.25) is 5.13 Å². The summed E-state index contributed by atoms with van der Waals surface area (Å²) in [6, 6.07) is 2.03. The molecule has 9 heteroatoms. The number of rotatable bonds is 6. The van der Waals surface area contributed by atoms with Gasteiger partial charge in [-0.1, -0.05) is 18.3 Å². The maximum atomic E-state index is 4.64. The average Bonchev–Trinajstić information content (AvgIpc) is 3.34. The fourth-order valence-corrected chi connectivity index (χ4v) is 3.91. The molecule has 26 heavy (non-hydrogen) atoms. The third-order valence-corrected chi connectivity index (χ3v) is 5.54. The maximum Gasteiger partial charge on any atom is 0.211 e. The van der Waals surface area contributed by atoms with Crippen LogP contribution in [0.5, 0.6) is 0 Å². The number of nitrogens with zero attached hydrogens (tertiary/aromatic N) is 6. The Morgan fingerprint density at radius 1 is 1.31 bits per heavy atom. The van der Waals surface area contributed by atoms with Crippen molar-refractivity contribution < 1.29 is 0 Å². The number of piperidine rings is 1. The zero-order valence-electron chi connectivity index (χ0n) is 14.7. The maximum absolute atomic E-state index is 4.64. The number of aromatic nitrogens is 6. The lowest BCUT2D eigenvalue weighted by atomic mass is 9.95. The molecule has 136 valence electrons. The molecule has 8 nitrogen and oxygen atoms in total. The standard InChI is InChI=1S/C17H22N8S/c1-2-16-23-24-17(26-16)21-15-9-18-14(8-19-15)12-4-3-7-25(10-12)11-13-5-6-20-22-13/h5-6,8-9,12H,2-4,7,10-11H2,1H3,(H,20,22)(H,19,21,24). The summed E-state index contributed by atoms with van der Waals surface area (Å²) in [4.78, 5) is 11.6. The summed E-state index contributed by atoms with van der Waals surface area (Å²) in [6.45, 7) is 5.08. The predicted molar refractivity (Wildman–Crippen MR) is 100 cm³/mol. The van der Waals surface area contributed by atoms with Gasteiger partial charge in [0.05, 0.1) is 18.1 Å². The second-order valence-electron chi connectivity index (χ2n) is 6.46. The Morgan fingerprint density at radius 2 is 2.27 bits per heavy atom. The highest BCUT2D eigenvalue weighted by Crippen LogP contribution is 2.27. The van der Waals surface area contributed by atoms with Crippen molar-refractivity contribution in [1.29, 1.82) is 0 Å². The molecule has 1 atom stereocenters. The first-order chi connectivity index (χ1) is 12.8. The minimum absolute atomic E-state index is 0.418. The SMILES string of the molecule is CCc1nnc(Nc2cnc(C3CCCN(Cc4ccn[nH]4)C3)cn2)s1. The third kappa shape index (κ3) is 4.05. The lowest BCUT2D eigenvalue weighted by molar-refractivity contribution is 0.196. The first kappa shape index (κ1) is 17.0. The van der Waals surface area contributed by atoms with E-state index in [1.807, 2.05) is 12.3 Å². The van der Waals surface area contributed by atoms with E-state index in [1.54, 1.807) is 23.7 Å². The van der Waals surface area contributed by atoms with E-state index in [1.165, 1.54) is 6.42 Å². The van der Waals surface area contributed by atoms with Gasteiger partial charge in [0.15, 0.2) is 5.82 Å². The Labute approximate surface area is 156 Å². The summed E-state index contributed by atoms with van der Waals surface area (Å²) in [7, 11) is 0. The molecule has 0 spiro atoms. The van der Waals surface area contributed by atoms with Gasteiger partial charge in [0, 0.05) is 30.9 Å². The quantitative estimate of drug-likeness (QED) is 0.689. The van der Waals surface area contributed by atoms with Crippen LogP contribution < -0.4 is 5.32 Å². The molecular formula is C17H22N8S. The normalized spacial score (nSPS) is 18.1. The van der Waals surface area contributed by atoms with Crippen LogP contribution in [0, 0.1) is 0 Å². The second kappa shape index (κ2) is 7.88. The molecule has 0 radical (unpaired) electrons. The van der Waals surface area contributed by atoms with E-state index in [0.717, 1.165) is 54.0 Å². The molecular weight excluding hydrogens is 348 g/mol. The molecule has 1 aliphatic rings. The van der Waals surface area contributed by atoms with Crippen molar-refractivity contribution in [1.82, 2.24) is 35.3 Å². The minimum Gasteiger partial charge on any atom is -0.313 e. The van der Waals surface area contributed by atoms with Gasteiger partial charge in [-0.15, -0.1) is 10.2 Å². The van der Waals surface area contributed by atoms with Crippen molar-refractivity contribution in [3.05, 3.63) is 41.1 Å². The monoisotopic (exact) mass is 370 g/mol. The Kier molecular flexibility index (Phi) is 5.16. The van der Waals surface area contributed by atoms with E-state index >= 15 is 0 Å². The molecule has 2 N–H and O–H groups in total. The molecule has 4 rings (SSSR count). The summed E-state index contributed by atoms with van der Waals surface area (Å²) < 4.78 is 0. The predicted octanol–water partition coefficient (Wildman–Crippen LogP) is 2.74. The highest BCUT2D eigenvalue weighted by atomic mass is 32.1. The minimum atomic E-state index is 0.418. The fourth-order valence-electron chi connectivity index (χ4n) is 3.22. The van der Waals surface area contributed by atoms with E-state index in [4.69, 9.17) is 0 Å². The van der Waals surface area contributed by atoms with Crippen molar-refractivity contribution in [3.63, 3.8) is 0 Å². The molecule has 0 amide bonds. The van der Waals surface area contributed by atoms with Crippen LogP contribution in [0.4, 0.5) is 10.9 Å². The van der Waals surface area contributed by atoms with Crippen molar-refractivity contribution in [3.8, 4) is 0 Å². The van der Waals surface area contributed by atoms with Gasteiger partial charge in [-0.3, -0.25) is 15.0 Å². The molecule has 1 fully saturated rings. The molecule has 0 aliphatic carbocycles. The summed E-state index contributed by atoms with van der Waals surface area (Å²) in [6.07, 6.45) is 8.68. The molecule has 3 aromatic heterocycles. The van der Waals surface area contributed by atoms with Crippen LogP contribution in [0.15, 0.2) is 24.7 Å². The van der Waals surface area contributed by atoms with Gasteiger partial charge in [-0.2, -0.15) is 5.10 Å². The van der Waals surface area contributed by atoms with Crippen LogP contribution in [0.1, 0.15) is 42.1 Å². The number of hydrogen-bond donors (Lipinski definition) is 2. The molecule has 1 unspecified atom stereocenters. The second-order valence-corrected chi connectivity index (χ2v) is 7.52. The lowest BCUT2D eigenvalue weighted by Crippen LogP contribution is -2.34. The van der Waals surface area contributed by atoms with Crippen LogP contribution in [-0.4, -0.2) is 48.4 Å². The molecule has 0 saturated carbocycles. The Morgan fingerprint density at radius 3 is 3.00 bits per heavy atom. The molecule has 0 bridgehead atoms. The third-order valence-electron chi connectivity index (χ3n) is 4.55. The van der Waals surface area contributed by atoms with Gasteiger partial charge in [-0.25, -0.2) is 4.98 Å². The van der Waals surface area contributed by atoms with Crippen LogP contribution in [0.25, 0.3) is 0 Å². The van der Waals surface area contributed by atoms with Crippen LogP contribution in [0.2, 0.25) is 0 Å². The zero-order valence-corrected chi connectivity index (χ0v) is 15.5. The topological polar surface area (TPSA) is 95.5 Å². The Balaban J connectivity index is 1.38. The summed E-state index contributed by atoms with van der Waals surface area (Å²) in [5, 5.41) is 20.2. The first-order valence-electron chi connectivity index (χ1n) is 8.92. The summed E-state index contributed by atoms with van der Waals surface area (Å²) in [5.74, 6) is 1.12. The number of aryl methyl sites for hydroxylation is 1. The zero-order chi connectivity index (χ0) is 17.8. The number of hydrogen-bond acceptors (Lipinski definition) is 8. The fraction of sp³-hybridized carbons (Fsp3) is 0.471. The number of aromatic amines is 1. The van der Waals surface area contributed by atoms with Crippen molar-refractivity contribution in [2.75, 3.05) is 18.4 Å². The van der Waals surface area contributed by atoms with Gasteiger partial charge in [-0.05, 0) is 31.9 Å². The van der Waals surface area contributed by atoms with Crippen LogP contribution in [-0.2, 0) is 13.0 Å². The summed E-state index contributed by atoms with van der Waals surface area (Å²) >= 11 is 1.55. The number of H-pyrrole nitrogens is 1. The van der Waals surface area contributed by atoms with E-state index in [0.29, 0.717) is 11.7 Å². The Hall–Kier alpha value is -2.39. The molecule has 1 saturated heterocycles. The highest BCUT2D eigenvalue weighted by molar-refractivity contribution is 7.15. The van der Waals surface area contributed by atoms with Gasteiger partial charge >= 0.3 is 0 Å². The Bertz CT molecular complexity index is 814. The molecule has 1 aliphatic heterocycles. The molecule has 3 aromatic rings. The van der Waals surface area contributed by atoms with Gasteiger partial charge < -0.3 is 5.32 Å². The van der Waals surface area contributed by atoms with Crippen molar-refractivity contribution >= 4 is 22.3 Å². The number of nitrogens with one attached hydrogen (secondary N) is 2. The first-order valence-corrected chi connectivity index (χ1v) is 9.73. The average molecular weight is 370 g/mol. The van der Waals surface area contributed by atoms with Crippen LogP contribution >= 0.6 is 11.3 Å². The van der Waals surface area contributed by atoms with Gasteiger partial charge in [0.1, 0.15) is 5.01 Å². The molecule has 0 aromatic carbocycles. The van der Waals surface area contributed by atoms with Gasteiger partial charge in [0.25, 0.3) is 0 Å². The number of anilines is 2. The summed E-state index contributed by atoms with van der Waals surface area (Å²) in [5.41, 5.74) is 2.20. The van der Waals surface area contributed by atoms with Crippen molar-refractivity contribution in [2.45, 2.75) is 38.6 Å². The lowest BCUT2D eigenvalue weighted by Gasteiger charge is -2.31. The van der Waals surface area contributed by atoms with Crippen LogP contribution in [0.3, 0.4) is 0 Å². The van der Waals surface area contributed by atoms with E-state index in [-0.39, 0.29) is 0 Å². The number of likely N-dealkylation sites (tertiary alicyclic amines) is 1. The smallest absolute Gasteiger partial charge is 0.211 e. The van der Waals surface area contributed by atoms with E-state index in [2.05, 4.69) is 47.5 Å². The molecule has 4 heterocycles. The van der Waals surface area contributed by atoms with E-state index < -0.39 is 0 Å². The van der Waals surface area contributed by atoms with Crippen molar-refractivity contribution in [2.24, 2.45) is 0 Å².